The summed E-state index contributed by atoms with van der Waals surface area (Å²) in [5.41, 5.74) is 9.02. The average Bonchev–Trinajstić information content (AvgIpc) is 2.38. The predicted octanol–water partition coefficient (Wildman–Crippen LogP) is 5.13. The minimum atomic E-state index is 0.528. The first-order valence-corrected chi connectivity index (χ1v) is 6.19. The smallest absolute Gasteiger partial charge is 0.171 e. The number of azide groups is 1. The van der Waals surface area contributed by atoms with E-state index in [-0.39, 0.29) is 0 Å². The Balaban J connectivity index is 2.11. The number of para-hydroxylation sites is 2. The minimum absolute atomic E-state index is 0.528. The second kappa shape index (κ2) is 4.40. The summed E-state index contributed by atoms with van der Waals surface area (Å²) in [7, 11) is 0. The maximum Gasteiger partial charge on any atom is 0.171 e. The third-order valence-electron chi connectivity index (χ3n) is 2.45. The molecular formula is C12H6IN3O2. The first-order valence-electron chi connectivity index (χ1n) is 5.11. The lowest BCUT2D eigenvalue weighted by Gasteiger charge is -2.20. The van der Waals surface area contributed by atoms with Crippen molar-refractivity contribution in [3.05, 3.63) is 50.4 Å². The van der Waals surface area contributed by atoms with Crippen molar-refractivity contribution in [1.29, 1.82) is 0 Å². The van der Waals surface area contributed by atoms with Crippen molar-refractivity contribution in [1.82, 2.24) is 0 Å². The molecule has 0 spiro atoms. The molecule has 0 saturated carbocycles. The number of fused-ring (bicyclic) bond motifs is 2. The molecule has 0 atom stereocenters. The molecule has 0 radical (unpaired) electrons. The first-order chi connectivity index (χ1) is 8.78. The van der Waals surface area contributed by atoms with Gasteiger partial charge in [0.1, 0.15) is 0 Å². The van der Waals surface area contributed by atoms with Gasteiger partial charge in [0.05, 0.1) is 5.69 Å². The van der Waals surface area contributed by atoms with E-state index < -0.39 is 0 Å². The topological polar surface area (TPSA) is 67.2 Å². The predicted molar refractivity (Wildman–Crippen MR) is 74.6 cm³/mol. The number of ether oxygens (including phenoxy) is 2. The fraction of sp³-hybridized carbons (Fsp3) is 0. The summed E-state index contributed by atoms with van der Waals surface area (Å²) in [6.07, 6.45) is 0. The van der Waals surface area contributed by atoms with Crippen LogP contribution in [0.2, 0.25) is 0 Å². The van der Waals surface area contributed by atoms with Gasteiger partial charge in [-0.25, -0.2) is 0 Å². The molecule has 0 amide bonds. The largest absolute Gasteiger partial charge is 0.449 e. The lowest BCUT2D eigenvalue weighted by atomic mass is 10.2. The average molecular weight is 349 g/mol. The van der Waals surface area contributed by atoms with Gasteiger partial charge in [-0.05, 0) is 52.4 Å². The Morgan fingerprint density at radius 2 is 1.61 bits per heavy atom. The van der Waals surface area contributed by atoms with Crippen LogP contribution in [0.4, 0.5) is 5.69 Å². The second-order valence-electron chi connectivity index (χ2n) is 3.59. The Morgan fingerprint density at radius 3 is 2.22 bits per heavy atom. The molecule has 5 nitrogen and oxygen atoms in total. The van der Waals surface area contributed by atoms with Crippen LogP contribution in [0.3, 0.4) is 0 Å². The van der Waals surface area contributed by atoms with Gasteiger partial charge in [-0.2, -0.15) is 0 Å². The Hall–Kier alpha value is -1.92. The van der Waals surface area contributed by atoms with Gasteiger partial charge in [0.15, 0.2) is 23.0 Å². The summed E-state index contributed by atoms with van der Waals surface area (Å²) in [6.45, 7) is 0. The fourth-order valence-electron chi connectivity index (χ4n) is 1.66. The van der Waals surface area contributed by atoms with E-state index in [1.807, 2.05) is 24.3 Å². The zero-order valence-corrected chi connectivity index (χ0v) is 11.2. The van der Waals surface area contributed by atoms with Gasteiger partial charge in [-0.1, -0.05) is 17.2 Å². The Morgan fingerprint density at radius 1 is 1.00 bits per heavy atom. The Kier molecular flexibility index (Phi) is 2.73. The third kappa shape index (κ3) is 1.85. The van der Waals surface area contributed by atoms with E-state index in [1.165, 1.54) is 0 Å². The van der Waals surface area contributed by atoms with Crippen LogP contribution >= 0.6 is 22.6 Å². The quantitative estimate of drug-likeness (QED) is 0.264. The van der Waals surface area contributed by atoms with Gasteiger partial charge in [0, 0.05) is 8.48 Å². The third-order valence-corrected chi connectivity index (χ3v) is 3.32. The molecule has 0 fully saturated rings. The maximum atomic E-state index is 8.49. The number of nitrogens with zero attached hydrogens (tertiary/aromatic N) is 3. The van der Waals surface area contributed by atoms with E-state index in [0.29, 0.717) is 28.7 Å². The summed E-state index contributed by atoms with van der Waals surface area (Å²) in [5.74, 6) is 2.50. The Bertz CT molecular complexity index is 681. The lowest BCUT2D eigenvalue weighted by Crippen LogP contribution is -1.98. The molecule has 2 aromatic carbocycles. The van der Waals surface area contributed by atoms with Crippen LogP contribution < -0.4 is 9.47 Å². The van der Waals surface area contributed by atoms with Crippen LogP contribution in [0, 0.1) is 3.57 Å². The van der Waals surface area contributed by atoms with Crippen LogP contribution in [-0.4, -0.2) is 0 Å². The number of hydrogen-bond acceptors (Lipinski definition) is 3. The molecular weight excluding hydrogens is 343 g/mol. The van der Waals surface area contributed by atoms with Crippen molar-refractivity contribution in [3.8, 4) is 23.0 Å². The highest BCUT2D eigenvalue weighted by molar-refractivity contribution is 14.1. The maximum absolute atomic E-state index is 8.49. The molecule has 3 rings (SSSR count). The van der Waals surface area contributed by atoms with E-state index in [0.717, 1.165) is 3.57 Å². The van der Waals surface area contributed by atoms with E-state index in [9.17, 15) is 0 Å². The molecule has 88 valence electrons. The lowest BCUT2D eigenvalue weighted by molar-refractivity contribution is 0.359. The second-order valence-corrected chi connectivity index (χ2v) is 4.75. The molecule has 0 saturated heterocycles. The number of rotatable bonds is 1. The van der Waals surface area contributed by atoms with Gasteiger partial charge in [-0.15, -0.1) is 0 Å². The highest BCUT2D eigenvalue weighted by Crippen LogP contribution is 2.47. The molecule has 0 N–H and O–H groups in total. The molecule has 0 bridgehead atoms. The monoisotopic (exact) mass is 349 g/mol. The van der Waals surface area contributed by atoms with Crippen molar-refractivity contribution in [2.24, 2.45) is 5.11 Å². The summed E-state index contributed by atoms with van der Waals surface area (Å²) in [6, 6.07) is 10.9. The molecule has 0 aromatic heterocycles. The number of hydrogen-bond donors (Lipinski definition) is 0. The van der Waals surface area contributed by atoms with E-state index in [1.54, 1.807) is 12.1 Å². The van der Waals surface area contributed by atoms with Crippen molar-refractivity contribution in [2.75, 3.05) is 0 Å². The number of benzene rings is 2. The van der Waals surface area contributed by atoms with E-state index >= 15 is 0 Å². The summed E-state index contributed by atoms with van der Waals surface area (Å²) < 4.78 is 12.2. The zero-order valence-electron chi connectivity index (χ0n) is 9.00. The standard InChI is InChI=1S/C12H6IN3O2/c13-7-5-11-12(6-8(7)15-16-14)18-10-4-2-1-3-9(10)17-11/h1-6H/i13-2. The Labute approximate surface area is 116 Å². The summed E-state index contributed by atoms with van der Waals surface area (Å²) >= 11 is 2.09. The van der Waals surface area contributed by atoms with Crippen LogP contribution in [0.5, 0.6) is 23.0 Å². The molecule has 0 unspecified atom stereocenters. The summed E-state index contributed by atoms with van der Waals surface area (Å²) in [5, 5.41) is 3.61. The fourth-order valence-corrected chi connectivity index (χ4v) is 2.21. The van der Waals surface area contributed by atoms with E-state index in [2.05, 4.69) is 32.6 Å². The van der Waals surface area contributed by atoms with Crippen molar-refractivity contribution < 1.29 is 9.47 Å². The van der Waals surface area contributed by atoms with Crippen molar-refractivity contribution in [2.45, 2.75) is 0 Å². The van der Waals surface area contributed by atoms with E-state index in [4.69, 9.17) is 15.0 Å². The normalized spacial score (nSPS) is 11.4. The van der Waals surface area contributed by atoms with Gasteiger partial charge in [-0.3, -0.25) is 0 Å². The van der Waals surface area contributed by atoms with Gasteiger partial charge >= 0.3 is 0 Å². The van der Waals surface area contributed by atoms with Gasteiger partial charge < -0.3 is 9.47 Å². The van der Waals surface area contributed by atoms with Gasteiger partial charge in [0.25, 0.3) is 0 Å². The highest BCUT2D eigenvalue weighted by atomic mass is 125. The van der Waals surface area contributed by atoms with Crippen molar-refractivity contribution >= 4 is 28.3 Å². The number of halogens is 1. The summed E-state index contributed by atoms with van der Waals surface area (Å²) in [4.78, 5) is 2.78. The zero-order chi connectivity index (χ0) is 12.5. The van der Waals surface area contributed by atoms with Crippen LogP contribution in [-0.2, 0) is 0 Å². The molecule has 2 aromatic rings. The molecule has 1 aliphatic rings. The minimum Gasteiger partial charge on any atom is -0.449 e. The molecule has 1 aliphatic heterocycles. The molecule has 0 aliphatic carbocycles. The molecule has 18 heavy (non-hydrogen) atoms. The SMILES string of the molecule is [N-]=[N+]=Nc1cc2c(cc1[125I])Oc1ccccc1O2. The van der Waals surface area contributed by atoms with Crippen LogP contribution in [0.15, 0.2) is 41.5 Å². The highest BCUT2D eigenvalue weighted by Gasteiger charge is 2.19. The van der Waals surface area contributed by atoms with Crippen molar-refractivity contribution in [3.63, 3.8) is 0 Å². The molecule has 6 heteroatoms. The van der Waals surface area contributed by atoms with Crippen LogP contribution in [0.25, 0.3) is 10.4 Å². The molecule has 1 heterocycles. The first kappa shape index (κ1) is 11.2. The van der Waals surface area contributed by atoms with Gasteiger partial charge in [0.2, 0.25) is 0 Å². The van der Waals surface area contributed by atoms with Crippen LogP contribution in [0.1, 0.15) is 0 Å².